The van der Waals surface area contributed by atoms with Gasteiger partial charge in [0.25, 0.3) is 5.56 Å². The first-order valence-corrected chi connectivity index (χ1v) is 11.9. The molecule has 0 amide bonds. The van der Waals surface area contributed by atoms with E-state index in [9.17, 15) is 4.79 Å². The highest BCUT2D eigenvalue weighted by Gasteiger charge is 2.30. The molecule has 4 aromatic rings. The fourth-order valence-corrected chi connectivity index (χ4v) is 4.51. The van der Waals surface area contributed by atoms with Crippen LogP contribution in [0.5, 0.6) is 0 Å². The van der Waals surface area contributed by atoms with E-state index in [1.54, 1.807) is 0 Å². The standard InChI is InChI=1S/C26H31ClN6O/c1-6-23(24-29-30-31-33(24)26(3,4)5)32(15-18-9-7-8-10-21(18)27)16-20-14-19-13-17(2)11-12-22(19)28-25(20)34/h7-14,23H,6,15-16H2,1-5H3,(H,28,34)/t23-/m1/s1. The van der Waals surface area contributed by atoms with Crippen molar-refractivity contribution in [2.45, 2.75) is 65.7 Å². The first kappa shape index (κ1) is 24.1. The zero-order chi connectivity index (χ0) is 24.5. The van der Waals surface area contributed by atoms with Gasteiger partial charge in [0, 0.05) is 29.2 Å². The van der Waals surface area contributed by atoms with Gasteiger partial charge in [0.05, 0.1) is 11.6 Å². The second-order valence-electron chi connectivity index (χ2n) is 9.75. The molecule has 2 aromatic carbocycles. The van der Waals surface area contributed by atoms with Gasteiger partial charge in [0.1, 0.15) is 0 Å². The summed E-state index contributed by atoms with van der Waals surface area (Å²) in [5.41, 5.74) is 3.30. The third kappa shape index (κ3) is 5.05. The first-order chi connectivity index (χ1) is 16.2. The van der Waals surface area contributed by atoms with E-state index in [1.807, 2.05) is 54.1 Å². The summed E-state index contributed by atoms with van der Waals surface area (Å²) >= 11 is 6.53. The van der Waals surface area contributed by atoms with Gasteiger partial charge in [0.2, 0.25) is 0 Å². The molecular formula is C26H31ClN6O. The maximum Gasteiger partial charge on any atom is 0.252 e. The summed E-state index contributed by atoms with van der Waals surface area (Å²) in [6.07, 6.45) is 0.769. The molecule has 0 saturated carbocycles. The second kappa shape index (κ2) is 9.68. The van der Waals surface area contributed by atoms with Gasteiger partial charge >= 0.3 is 0 Å². The summed E-state index contributed by atoms with van der Waals surface area (Å²) in [7, 11) is 0. The lowest BCUT2D eigenvalue weighted by molar-refractivity contribution is 0.153. The Bertz CT molecular complexity index is 1350. The van der Waals surface area contributed by atoms with Crippen LogP contribution in [-0.2, 0) is 18.6 Å². The van der Waals surface area contributed by atoms with Crippen molar-refractivity contribution in [2.24, 2.45) is 0 Å². The molecule has 2 aromatic heterocycles. The number of hydrogen-bond donors (Lipinski definition) is 1. The van der Waals surface area contributed by atoms with Crippen molar-refractivity contribution in [3.05, 3.63) is 86.4 Å². The quantitative estimate of drug-likeness (QED) is 0.385. The average Bonchev–Trinajstić information content (AvgIpc) is 3.27. The Kier molecular flexibility index (Phi) is 6.86. The number of fused-ring (bicyclic) bond motifs is 1. The van der Waals surface area contributed by atoms with Gasteiger partial charge in [-0.1, -0.05) is 48.4 Å². The molecule has 7 nitrogen and oxygen atoms in total. The van der Waals surface area contributed by atoms with Crippen molar-refractivity contribution in [1.29, 1.82) is 0 Å². The summed E-state index contributed by atoms with van der Waals surface area (Å²) in [5.74, 6) is 0.773. The maximum atomic E-state index is 13.0. The normalized spacial score (nSPS) is 13.0. The molecule has 8 heteroatoms. The van der Waals surface area contributed by atoms with Crippen LogP contribution in [0.3, 0.4) is 0 Å². The van der Waals surface area contributed by atoms with E-state index in [0.717, 1.165) is 34.3 Å². The third-order valence-corrected chi connectivity index (χ3v) is 6.40. The van der Waals surface area contributed by atoms with Crippen molar-refractivity contribution in [1.82, 2.24) is 30.1 Å². The van der Waals surface area contributed by atoms with Gasteiger partial charge in [-0.25, -0.2) is 4.68 Å². The van der Waals surface area contributed by atoms with Gasteiger partial charge in [-0.2, -0.15) is 0 Å². The number of tetrazole rings is 1. The number of aromatic nitrogens is 5. The molecule has 0 saturated heterocycles. The van der Waals surface area contributed by atoms with E-state index in [-0.39, 0.29) is 17.1 Å². The summed E-state index contributed by atoms with van der Waals surface area (Å²) in [5, 5.41) is 14.4. The van der Waals surface area contributed by atoms with Gasteiger partial charge < -0.3 is 4.98 Å². The van der Waals surface area contributed by atoms with Crippen molar-refractivity contribution in [2.75, 3.05) is 0 Å². The number of rotatable bonds is 7. The Morgan fingerprint density at radius 2 is 1.82 bits per heavy atom. The fourth-order valence-electron chi connectivity index (χ4n) is 4.31. The highest BCUT2D eigenvalue weighted by molar-refractivity contribution is 6.31. The van der Waals surface area contributed by atoms with Crippen LogP contribution in [0, 0.1) is 6.92 Å². The minimum Gasteiger partial charge on any atom is -0.322 e. The molecular weight excluding hydrogens is 448 g/mol. The zero-order valence-corrected chi connectivity index (χ0v) is 21.1. The van der Waals surface area contributed by atoms with Gasteiger partial charge in [-0.3, -0.25) is 9.69 Å². The Morgan fingerprint density at radius 1 is 1.09 bits per heavy atom. The number of benzene rings is 2. The predicted molar refractivity (Wildman–Crippen MR) is 136 cm³/mol. The number of aromatic amines is 1. The molecule has 0 bridgehead atoms. The lowest BCUT2D eigenvalue weighted by Crippen LogP contribution is -2.35. The van der Waals surface area contributed by atoms with E-state index >= 15 is 0 Å². The minimum atomic E-state index is -0.278. The highest BCUT2D eigenvalue weighted by atomic mass is 35.5. The molecule has 0 aliphatic rings. The number of nitrogens with zero attached hydrogens (tertiary/aromatic N) is 5. The molecule has 4 rings (SSSR count). The number of halogens is 1. The van der Waals surface area contributed by atoms with Crippen LogP contribution in [0.1, 0.15) is 62.7 Å². The van der Waals surface area contributed by atoms with Crippen LogP contribution in [-0.4, -0.2) is 30.1 Å². The highest BCUT2D eigenvalue weighted by Crippen LogP contribution is 2.30. The summed E-state index contributed by atoms with van der Waals surface area (Å²) in [4.78, 5) is 18.3. The monoisotopic (exact) mass is 478 g/mol. The number of H-pyrrole nitrogens is 1. The predicted octanol–water partition coefficient (Wildman–Crippen LogP) is 5.38. The van der Waals surface area contributed by atoms with Crippen LogP contribution < -0.4 is 5.56 Å². The van der Waals surface area contributed by atoms with E-state index in [2.05, 4.69) is 59.2 Å². The van der Waals surface area contributed by atoms with Crippen molar-refractivity contribution in [3.8, 4) is 0 Å². The van der Waals surface area contributed by atoms with Crippen LogP contribution in [0.2, 0.25) is 5.02 Å². The molecule has 0 fully saturated rings. The van der Waals surface area contributed by atoms with Crippen LogP contribution in [0.15, 0.2) is 53.3 Å². The number of pyridine rings is 1. The smallest absolute Gasteiger partial charge is 0.252 e. The van der Waals surface area contributed by atoms with E-state index < -0.39 is 0 Å². The van der Waals surface area contributed by atoms with Crippen LogP contribution in [0.4, 0.5) is 0 Å². The second-order valence-corrected chi connectivity index (χ2v) is 10.2. The lowest BCUT2D eigenvalue weighted by atomic mass is 10.0. The molecule has 0 spiro atoms. The molecule has 178 valence electrons. The molecule has 0 aliphatic heterocycles. The van der Waals surface area contributed by atoms with Gasteiger partial charge in [0.15, 0.2) is 5.82 Å². The first-order valence-electron chi connectivity index (χ1n) is 11.6. The van der Waals surface area contributed by atoms with Crippen molar-refractivity contribution in [3.63, 3.8) is 0 Å². The molecule has 0 radical (unpaired) electrons. The van der Waals surface area contributed by atoms with Gasteiger partial charge in [-0.05, 0) is 79.8 Å². The molecule has 0 unspecified atom stereocenters. The largest absolute Gasteiger partial charge is 0.322 e. The Hall–Kier alpha value is -3.03. The van der Waals surface area contributed by atoms with E-state index in [4.69, 9.17) is 11.6 Å². The summed E-state index contributed by atoms with van der Waals surface area (Å²) < 4.78 is 1.87. The zero-order valence-electron chi connectivity index (χ0n) is 20.3. The summed E-state index contributed by atoms with van der Waals surface area (Å²) in [6.45, 7) is 11.4. The Labute approximate surface area is 204 Å². The van der Waals surface area contributed by atoms with Crippen molar-refractivity contribution >= 4 is 22.5 Å². The molecule has 34 heavy (non-hydrogen) atoms. The lowest BCUT2D eigenvalue weighted by Gasteiger charge is -2.32. The SMILES string of the molecule is CC[C@H](c1nnnn1C(C)(C)C)N(Cc1ccccc1Cl)Cc1cc2cc(C)ccc2[nH]c1=O. The number of hydrogen-bond acceptors (Lipinski definition) is 5. The molecule has 1 N–H and O–H groups in total. The van der Waals surface area contributed by atoms with E-state index in [0.29, 0.717) is 23.7 Å². The van der Waals surface area contributed by atoms with Gasteiger partial charge in [-0.15, -0.1) is 5.10 Å². The molecule has 0 aliphatic carbocycles. The summed E-state index contributed by atoms with van der Waals surface area (Å²) in [6, 6.07) is 15.7. The maximum absolute atomic E-state index is 13.0. The molecule has 2 heterocycles. The van der Waals surface area contributed by atoms with Crippen molar-refractivity contribution < 1.29 is 0 Å². The van der Waals surface area contributed by atoms with E-state index in [1.165, 1.54) is 0 Å². The van der Waals surface area contributed by atoms with Crippen LogP contribution >= 0.6 is 11.6 Å². The number of aryl methyl sites for hydroxylation is 1. The average molecular weight is 479 g/mol. The topological polar surface area (TPSA) is 79.7 Å². The minimum absolute atomic E-state index is 0.0919. The Balaban J connectivity index is 1.79. The van der Waals surface area contributed by atoms with Crippen LogP contribution in [0.25, 0.3) is 10.9 Å². The number of nitrogens with one attached hydrogen (secondary N) is 1. The molecule has 1 atom stereocenters. The fraction of sp³-hybridized carbons (Fsp3) is 0.385. The third-order valence-electron chi connectivity index (χ3n) is 6.04. The Morgan fingerprint density at radius 3 is 2.53 bits per heavy atom.